The Kier molecular flexibility index (Phi) is 5.80. The van der Waals surface area contributed by atoms with E-state index in [1.165, 1.54) is 23.5 Å². The largest absolute Gasteiger partial charge is 0.494 e. The van der Waals surface area contributed by atoms with Gasteiger partial charge in [-0.2, -0.15) is 4.99 Å². The van der Waals surface area contributed by atoms with Gasteiger partial charge in [-0.05, 0) is 49.4 Å². The zero-order valence-corrected chi connectivity index (χ0v) is 15.4. The molecule has 0 radical (unpaired) electrons. The van der Waals surface area contributed by atoms with Crippen LogP contribution in [0.5, 0.6) is 5.75 Å². The summed E-state index contributed by atoms with van der Waals surface area (Å²) in [6, 6.07) is 11.4. The van der Waals surface area contributed by atoms with E-state index >= 15 is 0 Å². The fourth-order valence-corrected chi connectivity index (χ4v) is 3.62. The van der Waals surface area contributed by atoms with Gasteiger partial charge >= 0.3 is 0 Å². The van der Waals surface area contributed by atoms with E-state index in [1.807, 2.05) is 11.5 Å². The number of fused-ring (bicyclic) bond motifs is 1. The topological polar surface area (TPSA) is 52.8 Å². The van der Waals surface area contributed by atoms with Gasteiger partial charge in [0.05, 0.1) is 23.4 Å². The van der Waals surface area contributed by atoms with Crippen LogP contribution in [-0.2, 0) is 11.3 Å². The monoisotopic (exact) mass is 374 g/mol. The van der Waals surface area contributed by atoms with Crippen molar-refractivity contribution in [3.8, 4) is 5.75 Å². The highest BCUT2D eigenvalue weighted by Crippen LogP contribution is 2.19. The first-order valence-electron chi connectivity index (χ1n) is 8.22. The number of carbonyl (C=O) groups is 1. The van der Waals surface area contributed by atoms with Crippen LogP contribution in [0.25, 0.3) is 10.2 Å². The first-order chi connectivity index (χ1) is 12.6. The van der Waals surface area contributed by atoms with E-state index in [1.54, 1.807) is 37.4 Å². The predicted molar refractivity (Wildman–Crippen MR) is 99.2 cm³/mol. The van der Waals surface area contributed by atoms with Crippen LogP contribution in [0, 0.1) is 5.82 Å². The van der Waals surface area contributed by atoms with Gasteiger partial charge in [0.15, 0.2) is 4.80 Å². The third-order valence-electron chi connectivity index (χ3n) is 3.77. The molecule has 0 fully saturated rings. The highest BCUT2D eigenvalue weighted by atomic mass is 32.1. The van der Waals surface area contributed by atoms with E-state index in [0.29, 0.717) is 35.9 Å². The molecule has 0 spiro atoms. The van der Waals surface area contributed by atoms with Crippen LogP contribution in [0.3, 0.4) is 0 Å². The van der Waals surface area contributed by atoms with Gasteiger partial charge in [-0.25, -0.2) is 4.39 Å². The number of amides is 1. The summed E-state index contributed by atoms with van der Waals surface area (Å²) in [6.07, 6.45) is 0. The maximum absolute atomic E-state index is 13.5. The normalized spacial score (nSPS) is 11.9. The fraction of sp³-hybridized carbons (Fsp3) is 0.263. The molecule has 2 aromatic carbocycles. The fourth-order valence-electron chi connectivity index (χ4n) is 2.54. The molecule has 3 aromatic rings. The number of halogens is 1. The van der Waals surface area contributed by atoms with Gasteiger partial charge in [0.25, 0.3) is 5.91 Å². The Morgan fingerprint density at radius 1 is 1.23 bits per heavy atom. The van der Waals surface area contributed by atoms with Crippen molar-refractivity contribution in [2.75, 3.05) is 20.3 Å². The second-order valence-electron chi connectivity index (χ2n) is 5.52. The molecule has 0 atom stereocenters. The van der Waals surface area contributed by atoms with Gasteiger partial charge in [0.2, 0.25) is 0 Å². The lowest BCUT2D eigenvalue weighted by Gasteiger charge is -2.04. The van der Waals surface area contributed by atoms with Crippen molar-refractivity contribution in [1.29, 1.82) is 0 Å². The lowest BCUT2D eigenvalue weighted by Crippen LogP contribution is -2.19. The van der Waals surface area contributed by atoms with Crippen LogP contribution in [0.4, 0.5) is 4.39 Å². The summed E-state index contributed by atoms with van der Waals surface area (Å²) in [7, 11) is 1.61. The van der Waals surface area contributed by atoms with E-state index in [-0.39, 0.29) is 11.7 Å². The summed E-state index contributed by atoms with van der Waals surface area (Å²) in [4.78, 5) is 17.3. The number of benzene rings is 2. The van der Waals surface area contributed by atoms with Crippen molar-refractivity contribution in [3.63, 3.8) is 0 Å². The second kappa shape index (κ2) is 8.25. The molecule has 1 aromatic heterocycles. The molecule has 0 saturated heterocycles. The van der Waals surface area contributed by atoms with Gasteiger partial charge in [0.1, 0.15) is 11.6 Å². The first-order valence-corrected chi connectivity index (χ1v) is 9.03. The van der Waals surface area contributed by atoms with Crippen LogP contribution in [0.2, 0.25) is 0 Å². The van der Waals surface area contributed by atoms with Crippen molar-refractivity contribution >= 4 is 27.5 Å². The molecule has 0 bridgehead atoms. The maximum Gasteiger partial charge on any atom is 0.279 e. The molecule has 0 unspecified atom stereocenters. The first kappa shape index (κ1) is 18.3. The average molecular weight is 374 g/mol. The summed E-state index contributed by atoms with van der Waals surface area (Å²) in [5, 5.41) is 0. The van der Waals surface area contributed by atoms with Gasteiger partial charge in [-0.15, -0.1) is 0 Å². The van der Waals surface area contributed by atoms with Crippen molar-refractivity contribution in [1.82, 2.24) is 4.57 Å². The van der Waals surface area contributed by atoms with E-state index in [4.69, 9.17) is 9.47 Å². The molecule has 136 valence electrons. The molecule has 0 aliphatic carbocycles. The number of aromatic nitrogens is 1. The second-order valence-corrected chi connectivity index (χ2v) is 6.52. The number of hydrogen-bond acceptors (Lipinski definition) is 4. The van der Waals surface area contributed by atoms with Crippen LogP contribution in [0.15, 0.2) is 47.5 Å². The molecular weight excluding hydrogens is 355 g/mol. The van der Waals surface area contributed by atoms with E-state index in [2.05, 4.69) is 4.99 Å². The third kappa shape index (κ3) is 4.00. The van der Waals surface area contributed by atoms with Crippen molar-refractivity contribution in [3.05, 3.63) is 58.6 Å². The van der Waals surface area contributed by atoms with Gasteiger partial charge in [-0.3, -0.25) is 4.79 Å². The molecule has 0 N–H and O–H groups in total. The molecule has 26 heavy (non-hydrogen) atoms. The van der Waals surface area contributed by atoms with Crippen LogP contribution in [0.1, 0.15) is 17.3 Å². The van der Waals surface area contributed by atoms with Gasteiger partial charge in [-0.1, -0.05) is 11.3 Å². The molecule has 1 heterocycles. The minimum Gasteiger partial charge on any atom is -0.494 e. The molecule has 1 amide bonds. The Bertz CT molecular complexity index is 977. The Morgan fingerprint density at radius 2 is 2.00 bits per heavy atom. The molecule has 0 aliphatic heterocycles. The Morgan fingerprint density at radius 3 is 2.69 bits per heavy atom. The summed E-state index contributed by atoms with van der Waals surface area (Å²) >= 11 is 1.28. The molecule has 7 heteroatoms. The van der Waals surface area contributed by atoms with E-state index in [0.717, 1.165) is 10.2 Å². The van der Waals surface area contributed by atoms with Crippen molar-refractivity contribution in [2.45, 2.75) is 13.5 Å². The number of methoxy groups -OCH3 is 1. The summed E-state index contributed by atoms with van der Waals surface area (Å²) in [5.41, 5.74) is 1.29. The highest BCUT2D eigenvalue weighted by molar-refractivity contribution is 7.16. The number of nitrogens with zero attached hydrogens (tertiary/aromatic N) is 2. The lowest BCUT2D eigenvalue weighted by molar-refractivity contribution is 0.0997. The van der Waals surface area contributed by atoms with Gasteiger partial charge < -0.3 is 14.0 Å². The summed E-state index contributed by atoms with van der Waals surface area (Å²) < 4.78 is 26.6. The van der Waals surface area contributed by atoms with E-state index in [9.17, 15) is 9.18 Å². The number of thiazole rings is 1. The summed E-state index contributed by atoms with van der Waals surface area (Å²) in [5.74, 6) is 0.0322. The zero-order chi connectivity index (χ0) is 18.5. The highest BCUT2D eigenvalue weighted by Gasteiger charge is 2.10. The molecule has 3 rings (SSSR count). The number of rotatable bonds is 6. The van der Waals surface area contributed by atoms with Crippen LogP contribution in [-0.4, -0.2) is 30.8 Å². The number of ether oxygens (including phenoxy) is 2. The minimum atomic E-state index is -0.355. The quantitative estimate of drug-likeness (QED) is 0.662. The number of hydrogen-bond donors (Lipinski definition) is 0. The summed E-state index contributed by atoms with van der Waals surface area (Å²) in [6.45, 7) is 3.46. The standard InChI is InChI=1S/C19H19FN2O3S/c1-3-25-15-7-4-13(5-8-15)18(23)21-19-22(10-11-24-2)16-9-6-14(20)12-17(16)26-19/h4-9,12H,3,10-11H2,1-2H3. The SMILES string of the molecule is CCOc1ccc(C(=O)N=c2sc3cc(F)ccc3n2CCOC)cc1. The van der Waals surface area contributed by atoms with Crippen molar-refractivity contribution in [2.24, 2.45) is 4.99 Å². The Labute approximate surface area is 154 Å². The zero-order valence-electron chi connectivity index (χ0n) is 14.6. The Hall–Kier alpha value is -2.51. The molecule has 0 aliphatic rings. The maximum atomic E-state index is 13.5. The minimum absolute atomic E-state index is 0.318. The van der Waals surface area contributed by atoms with Crippen molar-refractivity contribution < 1.29 is 18.7 Å². The van der Waals surface area contributed by atoms with Gasteiger partial charge in [0, 0.05) is 19.2 Å². The molecular formula is C19H19FN2O3S. The molecule has 5 nitrogen and oxygen atoms in total. The average Bonchev–Trinajstić information content (AvgIpc) is 2.96. The van der Waals surface area contributed by atoms with Crippen LogP contribution >= 0.6 is 11.3 Å². The third-order valence-corrected chi connectivity index (χ3v) is 4.81. The smallest absolute Gasteiger partial charge is 0.279 e. The molecule has 0 saturated carbocycles. The van der Waals surface area contributed by atoms with E-state index < -0.39 is 0 Å². The predicted octanol–water partition coefficient (Wildman–Crippen LogP) is 3.63. The number of carbonyl (C=O) groups excluding carboxylic acids is 1. The Balaban J connectivity index is 2.00. The van der Waals surface area contributed by atoms with Crippen LogP contribution < -0.4 is 9.54 Å². The lowest BCUT2D eigenvalue weighted by atomic mass is 10.2.